The van der Waals surface area contributed by atoms with Crippen LogP contribution in [0.25, 0.3) is 0 Å². The summed E-state index contributed by atoms with van der Waals surface area (Å²) in [5, 5.41) is 0.702. The van der Waals surface area contributed by atoms with Crippen molar-refractivity contribution in [1.82, 2.24) is 0 Å². The molecule has 6 heteroatoms. The van der Waals surface area contributed by atoms with E-state index in [1.54, 1.807) is 0 Å². The van der Waals surface area contributed by atoms with Gasteiger partial charge in [0.25, 0.3) is 0 Å². The number of benzene rings is 2. The fraction of sp³-hybridized carbons (Fsp3) is 0.133. The van der Waals surface area contributed by atoms with Crippen LogP contribution in [-0.4, -0.2) is 12.5 Å². The summed E-state index contributed by atoms with van der Waals surface area (Å²) in [7, 11) is 0. The first-order valence-electron chi connectivity index (χ1n) is 6.36. The molecular formula is C15H12Br2ClN3. The predicted molar refractivity (Wildman–Crippen MR) is 95.0 cm³/mol. The zero-order chi connectivity index (χ0) is 15.0. The molecule has 0 spiro atoms. The molecule has 1 aliphatic heterocycles. The van der Waals surface area contributed by atoms with Crippen LogP contribution in [0.1, 0.15) is 11.6 Å². The molecule has 21 heavy (non-hydrogen) atoms. The molecule has 0 aliphatic carbocycles. The highest BCUT2D eigenvalue weighted by molar-refractivity contribution is 9.10. The van der Waals surface area contributed by atoms with Crippen LogP contribution in [0.3, 0.4) is 0 Å². The second-order valence-electron chi connectivity index (χ2n) is 4.73. The summed E-state index contributed by atoms with van der Waals surface area (Å²) in [6, 6.07) is 13.8. The number of halogens is 3. The highest BCUT2D eigenvalue weighted by Gasteiger charge is 2.30. The van der Waals surface area contributed by atoms with E-state index >= 15 is 0 Å². The van der Waals surface area contributed by atoms with Gasteiger partial charge in [-0.3, -0.25) is 4.99 Å². The summed E-state index contributed by atoms with van der Waals surface area (Å²) in [5.74, 6) is 0.518. The maximum Gasteiger partial charge on any atom is 0.196 e. The van der Waals surface area contributed by atoms with Crippen molar-refractivity contribution < 1.29 is 0 Å². The molecule has 0 saturated carbocycles. The van der Waals surface area contributed by atoms with E-state index in [0.29, 0.717) is 17.5 Å². The van der Waals surface area contributed by atoms with Crippen LogP contribution in [0.4, 0.5) is 5.69 Å². The summed E-state index contributed by atoms with van der Waals surface area (Å²) in [5.41, 5.74) is 8.16. The van der Waals surface area contributed by atoms with E-state index in [2.05, 4.69) is 36.9 Å². The Kier molecular flexibility index (Phi) is 4.24. The van der Waals surface area contributed by atoms with Crippen LogP contribution in [0.5, 0.6) is 0 Å². The van der Waals surface area contributed by atoms with Gasteiger partial charge in [0.2, 0.25) is 0 Å². The van der Waals surface area contributed by atoms with Crippen molar-refractivity contribution in [3.8, 4) is 0 Å². The Balaban J connectivity index is 2.05. The van der Waals surface area contributed by atoms with Crippen molar-refractivity contribution in [3.63, 3.8) is 0 Å². The summed E-state index contributed by atoms with van der Waals surface area (Å²) in [6.07, 6.45) is 0. The summed E-state index contributed by atoms with van der Waals surface area (Å²) in [6.45, 7) is 0.608. The fourth-order valence-electron chi connectivity index (χ4n) is 2.44. The number of anilines is 1. The molecule has 1 unspecified atom stereocenters. The first-order valence-corrected chi connectivity index (χ1v) is 8.32. The lowest BCUT2D eigenvalue weighted by molar-refractivity contribution is 0.765. The van der Waals surface area contributed by atoms with Gasteiger partial charge in [-0.2, -0.15) is 0 Å². The Labute approximate surface area is 145 Å². The number of nitrogens with two attached hydrogens (primary N) is 1. The predicted octanol–water partition coefficient (Wildman–Crippen LogP) is 4.74. The van der Waals surface area contributed by atoms with E-state index in [0.717, 1.165) is 20.2 Å². The molecule has 1 heterocycles. The topological polar surface area (TPSA) is 41.6 Å². The Morgan fingerprint density at radius 2 is 2.00 bits per heavy atom. The molecule has 108 valence electrons. The van der Waals surface area contributed by atoms with Crippen LogP contribution in [0.15, 0.2) is 56.4 Å². The van der Waals surface area contributed by atoms with E-state index in [1.165, 1.54) is 0 Å². The molecule has 0 amide bonds. The van der Waals surface area contributed by atoms with Crippen LogP contribution in [0.2, 0.25) is 5.02 Å². The number of hydrogen-bond donors (Lipinski definition) is 1. The number of rotatable bonds is 2. The van der Waals surface area contributed by atoms with Gasteiger partial charge in [-0.25, -0.2) is 0 Å². The Bertz CT molecular complexity index is 718. The van der Waals surface area contributed by atoms with Gasteiger partial charge in [0.15, 0.2) is 5.96 Å². The van der Waals surface area contributed by atoms with E-state index in [1.807, 2.05) is 47.4 Å². The van der Waals surface area contributed by atoms with E-state index in [9.17, 15) is 0 Å². The van der Waals surface area contributed by atoms with Crippen LogP contribution in [0, 0.1) is 0 Å². The Morgan fingerprint density at radius 1 is 1.19 bits per heavy atom. The number of nitrogens with zero attached hydrogens (tertiary/aromatic N) is 2. The third-order valence-electron chi connectivity index (χ3n) is 3.39. The van der Waals surface area contributed by atoms with Crippen LogP contribution in [-0.2, 0) is 0 Å². The molecule has 0 aromatic heterocycles. The second-order valence-corrected chi connectivity index (χ2v) is 6.94. The number of hydrogen-bond acceptors (Lipinski definition) is 3. The normalized spacial score (nSPS) is 18.0. The second kappa shape index (κ2) is 5.99. The zero-order valence-corrected chi connectivity index (χ0v) is 14.9. The van der Waals surface area contributed by atoms with Gasteiger partial charge in [0, 0.05) is 19.7 Å². The molecule has 1 atom stereocenters. The average Bonchev–Trinajstić information content (AvgIpc) is 2.83. The first kappa shape index (κ1) is 14.9. The maximum absolute atomic E-state index is 6.14. The van der Waals surface area contributed by atoms with E-state index < -0.39 is 0 Å². The SMILES string of the molecule is NC1=NCC(c2cc(Cl)ccc2Br)N1c1cccc(Br)c1. The average molecular weight is 430 g/mol. The highest BCUT2D eigenvalue weighted by Crippen LogP contribution is 2.36. The summed E-state index contributed by atoms with van der Waals surface area (Å²) < 4.78 is 2.01. The standard InChI is InChI=1S/C15H12Br2ClN3/c16-9-2-1-3-11(6-9)21-14(8-20-15(21)19)12-7-10(18)4-5-13(12)17/h1-7,14H,8H2,(H2,19,20). The van der Waals surface area contributed by atoms with Gasteiger partial charge in [-0.15, -0.1) is 0 Å². The lowest BCUT2D eigenvalue weighted by Gasteiger charge is -2.27. The minimum atomic E-state index is 0.0346. The third kappa shape index (κ3) is 2.96. The van der Waals surface area contributed by atoms with E-state index in [4.69, 9.17) is 17.3 Å². The quantitative estimate of drug-likeness (QED) is 0.749. The molecule has 0 saturated heterocycles. The van der Waals surface area contributed by atoms with Gasteiger partial charge < -0.3 is 10.6 Å². The van der Waals surface area contributed by atoms with Crippen molar-refractivity contribution >= 4 is 55.1 Å². The van der Waals surface area contributed by atoms with Gasteiger partial charge in [0.1, 0.15) is 0 Å². The Hall–Kier alpha value is -1.04. The monoisotopic (exact) mass is 427 g/mol. The third-order valence-corrected chi connectivity index (χ3v) is 4.84. The fourth-order valence-corrected chi connectivity index (χ4v) is 3.52. The largest absolute Gasteiger partial charge is 0.369 e. The molecule has 0 fully saturated rings. The van der Waals surface area contributed by atoms with Crippen molar-refractivity contribution in [1.29, 1.82) is 0 Å². The molecule has 2 aromatic rings. The molecule has 3 nitrogen and oxygen atoms in total. The van der Waals surface area contributed by atoms with E-state index in [-0.39, 0.29) is 6.04 Å². The molecular weight excluding hydrogens is 417 g/mol. The summed E-state index contributed by atoms with van der Waals surface area (Å²) >= 11 is 13.2. The Morgan fingerprint density at radius 3 is 2.76 bits per heavy atom. The molecule has 1 aliphatic rings. The van der Waals surface area contributed by atoms with Gasteiger partial charge >= 0.3 is 0 Å². The van der Waals surface area contributed by atoms with Gasteiger partial charge in [-0.1, -0.05) is 49.5 Å². The molecule has 0 bridgehead atoms. The lowest BCUT2D eigenvalue weighted by Crippen LogP contribution is -2.36. The molecule has 2 N–H and O–H groups in total. The smallest absolute Gasteiger partial charge is 0.196 e. The maximum atomic E-state index is 6.14. The van der Waals surface area contributed by atoms with Crippen molar-refractivity contribution in [2.24, 2.45) is 10.7 Å². The van der Waals surface area contributed by atoms with Crippen molar-refractivity contribution in [3.05, 3.63) is 62.0 Å². The zero-order valence-electron chi connectivity index (χ0n) is 10.9. The van der Waals surface area contributed by atoms with Gasteiger partial charge in [0.05, 0.1) is 12.6 Å². The van der Waals surface area contributed by atoms with Crippen LogP contribution < -0.4 is 10.6 Å². The number of guanidine groups is 1. The molecule has 3 rings (SSSR count). The van der Waals surface area contributed by atoms with Gasteiger partial charge in [-0.05, 0) is 42.0 Å². The summed E-state index contributed by atoms with van der Waals surface area (Å²) in [4.78, 5) is 6.42. The number of aliphatic imine (C=N–C) groups is 1. The molecule has 2 aromatic carbocycles. The molecule has 0 radical (unpaired) electrons. The first-order chi connectivity index (χ1) is 10.1. The minimum absolute atomic E-state index is 0.0346. The lowest BCUT2D eigenvalue weighted by atomic mass is 10.1. The minimum Gasteiger partial charge on any atom is -0.369 e. The van der Waals surface area contributed by atoms with Crippen LogP contribution >= 0.6 is 43.5 Å². The van der Waals surface area contributed by atoms with Crippen molar-refractivity contribution in [2.75, 3.05) is 11.4 Å². The highest BCUT2D eigenvalue weighted by atomic mass is 79.9. The van der Waals surface area contributed by atoms with Crippen molar-refractivity contribution in [2.45, 2.75) is 6.04 Å².